The zero-order chi connectivity index (χ0) is 16.2. The van der Waals surface area contributed by atoms with Crippen LogP contribution >= 0.6 is 0 Å². The van der Waals surface area contributed by atoms with Crippen LogP contribution in [0.15, 0.2) is 42.6 Å². The van der Waals surface area contributed by atoms with Gasteiger partial charge in [-0.25, -0.2) is 0 Å². The van der Waals surface area contributed by atoms with Gasteiger partial charge in [-0.2, -0.15) is 0 Å². The summed E-state index contributed by atoms with van der Waals surface area (Å²) in [5, 5.41) is 11.9. The molecule has 2 heterocycles. The van der Waals surface area contributed by atoms with Crippen LogP contribution in [0.5, 0.6) is 11.5 Å². The quantitative estimate of drug-likeness (QED) is 0.758. The highest BCUT2D eigenvalue weighted by Gasteiger charge is 2.15. The van der Waals surface area contributed by atoms with Gasteiger partial charge in [-0.15, -0.1) is 10.2 Å². The third-order valence-corrected chi connectivity index (χ3v) is 3.81. The van der Waals surface area contributed by atoms with Crippen molar-refractivity contribution in [2.45, 2.75) is 19.5 Å². The highest BCUT2D eigenvalue weighted by Crippen LogP contribution is 2.30. The zero-order valence-corrected chi connectivity index (χ0v) is 13.5. The Kier molecular flexibility index (Phi) is 4.43. The second-order valence-corrected chi connectivity index (χ2v) is 5.24. The number of hydrogen-bond donors (Lipinski definition) is 1. The predicted octanol–water partition coefficient (Wildman–Crippen LogP) is 2.60. The Labute approximate surface area is 135 Å². The molecule has 23 heavy (non-hydrogen) atoms. The molecule has 0 aliphatic heterocycles. The van der Waals surface area contributed by atoms with Gasteiger partial charge in [0.1, 0.15) is 0 Å². The van der Waals surface area contributed by atoms with E-state index >= 15 is 0 Å². The molecule has 3 rings (SSSR count). The van der Waals surface area contributed by atoms with Crippen LogP contribution in [0.25, 0.3) is 5.65 Å². The minimum atomic E-state index is 0.0447. The molecule has 0 spiro atoms. The normalized spacial score (nSPS) is 12.3. The van der Waals surface area contributed by atoms with Gasteiger partial charge in [-0.05, 0) is 25.1 Å². The van der Waals surface area contributed by atoms with Crippen LogP contribution in [-0.4, -0.2) is 28.8 Å². The minimum Gasteiger partial charge on any atom is -0.493 e. The Morgan fingerprint density at radius 2 is 1.96 bits per heavy atom. The average molecular weight is 312 g/mol. The fraction of sp³-hybridized carbons (Fsp3) is 0.294. The summed E-state index contributed by atoms with van der Waals surface area (Å²) in [6.45, 7) is 2.71. The van der Waals surface area contributed by atoms with Crippen LogP contribution < -0.4 is 14.8 Å². The summed E-state index contributed by atoms with van der Waals surface area (Å²) in [7, 11) is 3.29. The van der Waals surface area contributed by atoms with Crippen molar-refractivity contribution in [3.8, 4) is 11.5 Å². The van der Waals surface area contributed by atoms with Gasteiger partial charge in [0.15, 0.2) is 23.0 Å². The van der Waals surface area contributed by atoms with E-state index in [1.807, 2.05) is 47.0 Å². The Bertz CT molecular complexity index is 800. The van der Waals surface area contributed by atoms with Crippen molar-refractivity contribution in [2.24, 2.45) is 0 Å². The maximum Gasteiger partial charge on any atom is 0.165 e. The van der Waals surface area contributed by atoms with Gasteiger partial charge in [0.05, 0.1) is 20.3 Å². The molecule has 1 N–H and O–H groups in total. The maximum atomic E-state index is 5.46. The van der Waals surface area contributed by atoms with Gasteiger partial charge in [0.25, 0.3) is 0 Å². The predicted molar refractivity (Wildman–Crippen MR) is 87.8 cm³/mol. The first kappa shape index (κ1) is 15.3. The van der Waals surface area contributed by atoms with Gasteiger partial charge in [0.2, 0.25) is 0 Å². The lowest BCUT2D eigenvalue weighted by Crippen LogP contribution is -2.20. The average Bonchev–Trinajstić information content (AvgIpc) is 3.03. The summed E-state index contributed by atoms with van der Waals surface area (Å²) < 4.78 is 12.8. The number of fused-ring (bicyclic) bond motifs is 1. The number of ether oxygens (including phenoxy) is 2. The molecule has 120 valence electrons. The lowest BCUT2D eigenvalue weighted by molar-refractivity contribution is 0.350. The molecule has 0 radical (unpaired) electrons. The molecule has 2 aromatic heterocycles. The van der Waals surface area contributed by atoms with E-state index < -0.39 is 0 Å². The summed E-state index contributed by atoms with van der Waals surface area (Å²) >= 11 is 0. The van der Waals surface area contributed by atoms with E-state index in [0.717, 1.165) is 28.5 Å². The Balaban J connectivity index is 1.78. The lowest BCUT2D eigenvalue weighted by atomic mass is 10.1. The van der Waals surface area contributed by atoms with E-state index in [2.05, 4.69) is 22.4 Å². The minimum absolute atomic E-state index is 0.0447. The zero-order valence-electron chi connectivity index (χ0n) is 13.5. The van der Waals surface area contributed by atoms with E-state index in [1.54, 1.807) is 14.2 Å². The first-order valence-corrected chi connectivity index (χ1v) is 7.47. The third-order valence-electron chi connectivity index (χ3n) is 3.81. The largest absolute Gasteiger partial charge is 0.493 e. The monoisotopic (exact) mass is 312 g/mol. The van der Waals surface area contributed by atoms with Gasteiger partial charge < -0.3 is 14.8 Å². The summed E-state index contributed by atoms with van der Waals surface area (Å²) in [6, 6.07) is 11.8. The standard InChI is InChI=1S/C17H20N4O2/c1-12(17-20-19-15-9-4-5-10-21(15)17)18-11-13-7-6-8-14(22-2)16(13)23-3/h4-10,12,18H,11H2,1-3H3. The number of methoxy groups -OCH3 is 2. The van der Waals surface area contributed by atoms with Crippen molar-refractivity contribution >= 4 is 5.65 Å². The first-order chi connectivity index (χ1) is 11.2. The molecule has 1 aromatic carbocycles. The van der Waals surface area contributed by atoms with Gasteiger partial charge in [-0.3, -0.25) is 4.40 Å². The number of pyridine rings is 1. The molecule has 0 fully saturated rings. The maximum absolute atomic E-state index is 5.46. The second-order valence-electron chi connectivity index (χ2n) is 5.24. The molecular weight excluding hydrogens is 292 g/mol. The lowest BCUT2D eigenvalue weighted by Gasteiger charge is -2.16. The summed E-state index contributed by atoms with van der Waals surface area (Å²) in [5.74, 6) is 2.36. The Hall–Kier alpha value is -2.60. The highest BCUT2D eigenvalue weighted by atomic mass is 16.5. The molecule has 0 amide bonds. The molecular formula is C17H20N4O2. The summed E-state index contributed by atoms with van der Waals surface area (Å²) in [6.07, 6.45) is 1.97. The first-order valence-electron chi connectivity index (χ1n) is 7.47. The van der Waals surface area contributed by atoms with Crippen molar-refractivity contribution in [2.75, 3.05) is 14.2 Å². The smallest absolute Gasteiger partial charge is 0.165 e. The van der Waals surface area contributed by atoms with E-state index in [4.69, 9.17) is 9.47 Å². The van der Waals surface area contributed by atoms with Crippen molar-refractivity contribution < 1.29 is 9.47 Å². The fourth-order valence-corrected chi connectivity index (χ4v) is 2.60. The number of rotatable bonds is 6. The summed E-state index contributed by atoms with van der Waals surface area (Å²) in [4.78, 5) is 0. The molecule has 1 unspecified atom stereocenters. The van der Waals surface area contributed by atoms with Crippen LogP contribution in [0.2, 0.25) is 0 Å². The van der Waals surface area contributed by atoms with Crippen molar-refractivity contribution in [3.05, 3.63) is 54.0 Å². The molecule has 0 saturated carbocycles. The Morgan fingerprint density at radius 1 is 1.09 bits per heavy atom. The van der Waals surface area contributed by atoms with Crippen LogP contribution in [0.1, 0.15) is 24.4 Å². The van der Waals surface area contributed by atoms with Gasteiger partial charge in [0, 0.05) is 18.3 Å². The SMILES string of the molecule is COc1cccc(CNC(C)c2nnc3ccccn23)c1OC. The number of aromatic nitrogens is 3. The number of benzene rings is 1. The van der Waals surface area contributed by atoms with Crippen molar-refractivity contribution in [1.82, 2.24) is 19.9 Å². The molecule has 6 nitrogen and oxygen atoms in total. The van der Waals surface area contributed by atoms with Crippen LogP contribution in [0.3, 0.4) is 0 Å². The molecule has 3 aromatic rings. The number of nitrogens with zero attached hydrogens (tertiary/aromatic N) is 3. The van der Waals surface area contributed by atoms with E-state index in [1.165, 1.54) is 0 Å². The van der Waals surface area contributed by atoms with Gasteiger partial charge in [-0.1, -0.05) is 18.2 Å². The van der Waals surface area contributed by atoms with E-state index in [-0.39, 0.29) is 6.04 Å². The molecule has 1 atom stereocenters. The number of para-hydroxylation sites is 1. The molecule has 0 aliphatic rings. The van der Waals surface area contributed by atoms with E-state index in [9.17, 15) is 0 Å². The number of hydrogen-bond acceptors (Lipinski definition) is 5. The van der Waals surface area contributed by atoms with Crippen molar-refractivity contribution in [1.29, 1.82) is 0 Å². The van der Waals surface area contributed by atoms with Gasteiger partial charge >= 0.3 is 0 Å². The van der Waals surface area contributed by atoms with Crippen LogP contribution in [-0.2, 0) is 6.54 Å². The number of nitrogens with one attached hydrogen (secondary N) is 1. The third kappa shape index (κ3) is 2.98. The van der Waals surface area contributed by atoms with E-state index in [0.29, 0.717) is 6.54 Å². The second kappa shape index (κ2) is 6.66. The fourth-order valence-electron chi connectivity index (χ4n) is 2.60. The molecule has 0 bridgehead atoms. The molecule has 0 saturated heterocycles. The topological polar surface area (TPSA) is 60.7 Å². The van der Waals surface area contributed by atoms with Crippen LogP contribution in [0.4, 0.5) is 0 Å². The molecule has 0 aliphatic carbocycles. The summed E-state index contributed by atoms with van der Waals surface area (Å²) in [5.41, 5.74) is 1.88. The highest BCUT2D eigenvalue weighted by molar-refractivity contribution is 5.46. The molecule has 6 heteroatoms. The van der Waals surface area contributed by atoms with Crippen molar-refractivity contribution in [3.63, 3.8) is 0 Å². The van der Waals surface area contributed by atoms with Crippen LogP contribution in [0, 0.1) is 0 Å². The Morgan fingerprint density at radius 3 is 2.74 bits per heavy atom.